The molecule has 114 valence electrons. The number of nitrogens with zero attached hydrogens (tertiary/aromatic N) is 2. The molecule has 0 radical (unpaired) electrons. The molecule has 1 N–H and O–H groups in total. The Morgan fingerprint density at radius 1 is 1.29 bits per heavy atom. The van der Waals surface area contributed by atoms with Crippen LogP contribution >= 0.6 is 0 Å². The Balaban J connectivity index is 1.65. The van der Waals surface area contributed by atoms with Crippen molar-refractivity contribution in [2.45, 2.75) is 31.4 Å². The van der Waals surface area contributed by atoms with E-state index in [0.717, 1.165) is 38.3 Å². The maximum absolute atomic E-state index is 10.7. The third-order valence-corrected chi connectivity index (χ3v) is 4.29. The van der Waals surface area contributed by atoms with Crippen molar-refractivity contribution < 1.29 is 9.66 Å². The molecular weight excluding hydrogens is 270 g/mol. The summed E-state index contributed by atoms with van der Waals surface area (Å²) < 4.78 is 5.92. The normalized spacial score (nSPS) is 22.9. The molecule has 2 saturated heterocycles. The van der Waals surface area contributed by atoms with Gasteiger partial charge in [-0.1, -0.05) is 0 Å². The van der Waals surface area contributed by atoms with Crippen molar-refractivity contribution in [1.29, 1.82) is 0 Å². The van der Waals surface area contributed by atoms with Gasteiger partial charge in [0.15, 0.2) is 0 Å². The smallest absolute Gasteiger partial charge is 0.269 e. The molecule has 0 aromatic heterocycles. The molecule has 2 fully saturated rings. The number of nitro groups is 1. The SMILES string of the molecule is O=[N+]([O-])c1ccc(N2CCCCC2COC2CNC2)cc1. The highest BCUT2D eigenvalue weighted by molar-refractivity contribution is 5.52. The first-order valence-corrected chi connectivity index (χ1v) is 7.57. The van der Waals surface area contributed by atoms with E-state index in [2.05, 4.69) is 10.2 Å². The Hall–Kier alpha value is -1.66. The lowest BCUT2D eigenvalue weighted by molar-refractivity contribution is -0.384. The maximum Gasteiger partial charge on any atom is 0.269 e. The molecule has 0 amide bonds. The summed E-state index contributed by atoms with van der Waals surface area (Å²) >= 11 is 0. The molecule has 1 unspecified atom stereocenters. The molecule has 2 aliphatic rings. The Bertz CT molecular complexity index is 487. The van der Waals surface area contributed by atoms with Crippen LogP contribution < -0.4 is 10.2 Å². The second-order valence-corrected chi connectivity index (χ2v) is 5.73. The van der Waals surface area contributed by atoms with Crippen molar-refractivity contribution in [3.8, 4) is 0 Å². The van der Waals surface area contributed by atoms with Gasteiger partial charge >= 0.3 is 0 Å². The minimum atomic E-state index is -0.357. The van der Waals surface area contributed by atoms with Crippen LogP contribution in [0.5, 0.6) is 0 Å². The number of non-ortho nitro benzene ring substituents is 1. The van der Waals surface area contributed by atoms with Crippen molar-refractivity contribution in [3.05, 3.63) is 34.4 Å². The van der Waals surface area contributed by atoms with Crippen LogP contribution in [0, 0.1) is 10.1 Å². The zero-order chi connectivity index (χ0) is 14.7. The first kappa shape index (κ1) is 14.3. The van der Waals surface area contributed by atoms with Crippen LogP contribution in [-0.4, -0.2) is 43.3 Å². The van der Waals surface area contributed by atoms with Gasteiger partial charge in [0.05, 0.1) is 23.7 Å². The summed E-state index contributed by atoms with van der Waals surface area (Å²) in [7, 11) is 0. The van der Waals surface area contributed by atoms with E-state index >= 15 is 0 Å². The van der Waals surface area contributed by atoms with E-state index in [-0.39, 0.29) is 10.6 Å². The fraction of sp³-hybridized carbons (Fsp3) is 0.600. The van der Waals surface area contributed by atoms with Gasteiger partial charge in [-0.05, 0) is 31.4 Å². The Morgan fingerprint density at radius 2 is 2.05 bits per heavy atom. The van der Waals surface area contributed by atoms with Crippen molar-refractivity contribution in [2.24, 2.45) is 0 Å². The minimum absolute atomic E-state index is 0.143. The molecular formula is C15H21N3O3. The Morgan fingerprint density at radius 3 is 2.67 bits per heavy atom. The standard InChI is InChI=1S/C15H21N3O3/c19-18(20)13-6-4-12(5-7-13)17-8-2-1-3-14(17)11-21-15-9-16-10-15/h4-7,14-16H,1-3,8-11H2. The molecule has 0 bridgehead atoms. The highest BCUT2D eigenvalue weighted by atomic mass is 16.6. The van der Waals surface area contributed by atoms with E-state index in [9.17, 15) is 10.1 Å². The minimum Gasteiger partial charge on any atom is -0.373 e. The number of nitrogens with one attached hydrogen (secondary N) is 1. The largest absolute Gasteiger partial charge is 0.373 e. The first-order chi connectivity index (χ1) is 10.2. The highest BCUT2D eigenvalue weighted by Crippen LogP contribution is 2.27. The molecule has 1 aromatic rings. The fourth-order valence-electron chi connectivity index (χ4n) is 2.91. The van der Waals surface area contributed by atoms with Gasteiger partial charge in [-0.3, -0.25) is 10.1 Å². The summed E-state index contributed by atoms with van der Waals surface area (Å²) in [6, 6.07) is 7.23. The van der Waals surface area contributed by atoms with Crippen LogP contribution in [0.25, 0.3) is 0 Å². The molecule has 0 spiro atoms. The average molecular weight is 291 g/mol. The zero-order valence-corrected chi connectivity index (χ0v) is 12.0. The molecule has 1 aromatic carbocycles. The van der Waals surface area contributed by atoms with Crippen LogP contribution in [0.1, 0.15) is 19.3 Å². The average Bonchev–Trinajstić information content (AvgIpc) is 2.46. The third kappa shape index (κ3) is 3.33. The molecule has 0 saturated carbocycles. The summed E-state index contributed by atoms with van der Waals surface area (Å²) in [5, 5.41) is 13.9. The lowest BCUT2D eigenvalue weighted by atomic mass is 10.0. The fourth-order valence-corrected chi connectivity index (χ4v) is 2.91. The number of nitro benzene ring substituents is 1. The summed E-state index contributed by atoms with van der Waals surface area (Å²) in [6.07, 6.45) is 3.86. The summed E-state index contributed by atoms with van der Waals surface area (Å²) in [5.41, 5.74) is 1.20. The highest BCUT2D eigenvalue weighted by Gasteiger charge is 2.26. The van der Waals surface area contributed by atoms with Gasteiger partial charge in [-0.25, -0.2) is 0 Å². The Labute approximate surface area is 124 Å². The van der Waals surface area contributed by atoms with Crippen LogP contribution in [0.3, 0.4) is 0 Å². The van der Waals surface area contributed by atoms with Crippen molar-refractivity contribution >= 4 is 11.4 Å². The second-order valence-electron chi connectivity index (χ2n) is 5.73. The number of hydrogen-bond donors (Lipinski definition) is 1. The van der Waals surface area contributed by atoms with E-state index in [1.807, 2.05) is 12.1 Å². The molecule has 3 rings (SSSR count). The maximum atomic E-state index is 10.7. The zero-order valence-electron chi connectivity index (χ0n) is 12.0. The number of ether oxygens (including phenoxy) is 1. The summed E-state index contributed by atoms with van der Waals surface area (Å²) in [6.45, 7) is 3.63. The van der Waals surface area contributed by atoms with Crippen LogP contribution in [0.4, 0.5) is 11.4 Å². The quantitative estimate of drug-likeness (QED) is 0.663. The van der Waals surface area contributed by atoms with Gasteiger partial charge in [0.2, 0.25) is 0 Å². The van der Waals surface area contributed by atoms with Crippen molar-refractivity contribution in [2.75, 3.05) is 31.1 Å². The van der Waals surface area contributed by atoms with Gasteiger partial charge < -0.3 is 15.0 Å². The van der Waals surface area contributed by atoms with E-state index in [0.29, 0.717) is 12.1 Å². The summed E-state index contributed by atoms with van der Waals surface area (Å²) in [4.78, 5) is 12.7. The van der Waals surface area contributed by atoms with Gasteiger partial charge in [-0.15, -0.1) is 0 Å². The van der Waals surface area contributed by atoms with Gasteiger partial charge in [-0.2, -0.15) is 0 Å². The van der Waals surface area contributed by atoms with Crippen LogP contribution in [0.2, 0.25) is 0 Å². The van der Waals surface area contributed by atoms with Crippen LogP contribution in [-0.2, 0) is 4.74 Å². The molecule has 6 heteroatoms. The Kier molecular flexibility index (Phi) is 4.36. The second kappa shape index (κ2) is 6.41. The van der Waals surface area contributed by atoms with Gasteiger partial charge in [0.25, 0.3) is 5.69 Å². The number of piperidine rings is 1. The van der Waals surface area contributed by atoms with Crippen molar-refractivity contribution in [3.63, 3.8) is 0 Å². The molecule has 2 heterocycles. The van der Waals surface area contributed by atoms with Crippen molar-refractivity contribution in [1.82, 2.24) is 5.32 Å². The number of anilines is 1. The number of rotatable bonds is 5. The van der Waals surface area contributed by atoms with E-state index in [1.54, 1.807) is 12.1 Å². The van der Waals surface area contributed by atoms with E-state index in [1.165, 1.54) is 12.8 Å². The first-order valence-electron chi connectivity index (χ1n) is 7.57. The molecule has 0 aliphatic carbocycles. The molecule has 6 nitrogen and oxygen atoms in total. The van der Waals surface area contributed by atoms with Crippen LogP contribution in [0.15, 0.2) is 24.3 Å². The topological polar surface area (TPSA) is 67.6 Å². The van der Waals surface area contributed by atoms with Gasteiger partial charge in [0.1, 0.15) is 0 Å². The summed E-state index contributed by atoms with van der Waals surface area (Å²) in [5.74, 6) is 0. The number of benzene rings is 1. The molecule has 1 atom stereocenters. The monoisotopic (exact) mass is 291 g/mol. The molecule has 2 aliphatic heterocycles. The van der Waals surface area contributed by atoms with E-state index in [4.69, 9.17) is 4.74 Å². The predicted molar refractivity (Wildman–Crippen MR) is 80.7 cm³/mol. The third-order valence-electron chi connectivity index (χ3n) is 4.29. The lowest BCUT2D eigenvalue weighted by Crippen LogP contribution is -2.51. The van der Waals surface area contributed by atoms with Gasteiger partial charge in [0, 0.05) is 37.5 Å². The predicted octanol–water partition coefficient (Wildman–Crippen LogP) is 1.94. The van der Waals surface area contributed by atoms with E-state index < -0.39 is 0 Å². The lowest BCUT2D eigenvalue weighted by Gasteiger charge is -2.39. The number of hydrogen-bond acceptors (Lipinski definition) is 5. The molecule has 21 heavy (non-hydrogen) atoms.